The smallest absolute Gasteiger partial charge is 0.133 e. The van der Waals surface area contributed by atoms with Crippen LogP contribution in [0.4, 0.5) is 0 Å². The van der Waals surface area contributed by atoms with Crippen molar-refractivity contribution in [1.82, 2.24) is 10.4 Å². The summed E-state index contributed by atoms with van der Waals surface area (Å²) in [5.41, 5.74) is 11.6. The maximum Gasteiger partial charge on any atom is 0.133 e. The first-order valence-corrected chi connectivity index (χ1v) is 8.82. The first-order chi connectivity index (χ1) is 10.2. The van der Waals surface area contributed by atoms with E-state index in [0.717, 1.165) is 17.8 Å². The minimum absolute atomic E-state index is 0.151. The maximum absolute atomic E-state index is 7.57. The number of nitrogen functional groups attached to an aromatic ring is 1. The Morgan fingerprint density at radius 3 is 2.86 bits per heavy atom. The van der Waals surface area contributed by atoms with E-state index < -0.39 is 0 Å². The van der Waals surface area contributed by atoms with Gasteiger partial charge in [-0.1, -0.05) is 30.3 Å². The average molecular weight is 318 g/mol. The van der Waals surface area contributed by atoms with Gasteiger partial charge >= 0.3 is 0 Å². The number of amidine groups is 1. The molecule has 4 nitrogen and oxygen atoms in total. The van der Waals surface area contributed by atoms with E-state index in [2.05, 4.69) is 41.0 Å². The number of hydrazine groups is 1. The van der Waals surface area contributed by atoms with Crippen LogP contribution in [0.15, 0.2) is 40.6 Å². The monoisotopic (exact) mass is 318 g/mol. The lowest BCUT2D eigenvalue weighted by atomic mass is 10.1. The fraction of sp³-hybridized carbons (Fsp3) is 0.267. The van der Waals surface area contributed by atoms with Gasteiger partial charge in [-0.15, -0.1) is 23.1 Å². The minimum atomic E-state index is 0.151. The fourth-order valence-electron chi connectivity index (χ4n) is 2.32. The molecule has 1 aromatic carbocycles. The van der Waals surface area contributed by atoms with Gasteiger partial charge in [-0.3, -0.25) is 5.41 Å². The summed E-state index contributed by atoms with van der Waals surface area (Å²) in [4.78, 5) is 0.853. The Bertz CT molecular complexity index is 638. The highest BCUT2D eigenvalue weighted by atomic mass is 32.2. The second-order valence-corrected chi connectivity index (χ2v) is 7.06. The van der Waals surface area contributed by atoms with Crippen LogP contribution < -0.4 is 11.2 Å². The lowest BCUT2D eigenvalue weighted by Gasteiger charge is -2.02. The van der Waals surface area contributed by atoms with Crippen molar-refractivity contribution in [2.45, 2.75) is 16.8 Å². The average Bonchev–Trinajstić information content (AvgIpc) is 3.14. The number of thiophene rings is 1. The number of nitrogens with two attached hydrogens (primary N) is 1. The molecule has 4 N–H and O–H groups in total. The topological polar surface area (TPSA) is 74.8 Å². The van der Waals surface area contributed by atoms with Crippen molar-refractivity contribution in [3.8, 4) is 0 Å². The summed E-state index contributed by atoms with van der Waals surface area (Å²) in [5, 5.41) is 9.81. The molecule has 3 rings (SSSR count). The molecular weight excluding hydrogens is 300 g/mol. The molecule has 2 aromatic rings. The molecule has 0 spiro atoms. The van der Waals surface area contributed by atoms with Gasteiger partial charge in [0.1, 0.15) is 12.0 Å². The molecule has 1 fully saturated rings. The molecule has 0 saturated carbocycles. The van der Waals surface area contributed by atoms with E-state index in [1.165, 1.54) is 15.3 Å². The van der Waals surface area contributed by atoms with Gasteiger partial charge in [0.2, 0.25) is 0 Å². The Kier molecular flexibility index (Phi) is 4.30. The molecule has 110 valence electrons. The molecule has 2 atom stereocenters. The summed E-state index contributed by atoms with van der Waals surface area (Å²) in [7, 11) is 0. The zero-order chi connectivity index (χ0) is 14.8. The quantitative estimate of drug-likeness (QED) is 0.331. The zero-order valence-corrected chi connectivity index (χ0v) is 13.4. The van der Waals surface area contributed by atoms with E-state index in [0.29, 0.717) is 0 Å². The minimum Gasteiger partial charge on any atom is -0.383 e. The molecule has 1 aliphatic rings. The fourth-order valence-corrected chi connectivity index (χ4v) is 4.11. The molecule has 2 heterocycles. The van der Waals surface area contributed by atoms with Crippen molar-refractivity contribution < 1.29 is 0 Å². The summed E-state index contributed by atoms with van der Waals surface area (Å²) in [6.07, 6.45) is 3.36. The summed E-state index contributed by atoms with van der Waals surface area (Å²) in [6.45, 7) is 0.980. The Morgan fingerprint density at radius 1 is 1.43 bits per heavy atom. The predicted molar refractivity (Wildman–Crippen MR) is 89.8 cm³/mol. The van der Waals surface area contributed by atoms with E-state index in [-0.39, 0.29) is 12.0 Å². The molecular formula is C15H18N4S2. The first-order valence-electron chi connectivity index (χ1n) is 6.78. The third-order valence-electron chi connectivity index (χ3n) is 3.49. The third-order valence-corrected chi connectivity index (χ3v) is 5.82. The first kappa shape index (κ1) is 14.6. The van der Waals surface area contributed by atoms with Crippen LogP contribution in [-0.2, 0) is 6.42 Å². The van der Waals surface area contributed by atoms with Crippen molar-refractivity contribution >= 4 is 28.9 Å². The molecule has 0 radical (unpaired) electrons. The number of thioether (sulfide) groups is 1. The SMILES string of the molecule is CSc1sc(C(=N)N)cc1C1NN1CCc1ccccc1. The zero-order valence-electron chi connectivity index (χ0n) is 11.8. The number of rotatable bonds is 6. The highest BCUT2D eigenvalue weighted by Crippen LogP contribution is 2.40. The number of nitrogens with zero attached hydrogens (tertiary/aromatic N) is 1. The largest absolute Gasteiger partial charge is 0.383 e. The van der Waals surface area contributed by atoms with E-state index in [1.807, 2.05) is 12.1 Å². The van der Waals surface area contributed by atoms with Crippen LogP contribution in [-0.4, -0.2) is 23.6 Å². The molecule has 21 heavy (non-hydrogen) atoms. The van der Waals surface area contributed by atoms with Crippen LogP contribution in [0.5, 0.6) is 0 Å². The summed E-state index contributed by atoms with van der Waals surface area (Å²) in [5.74, 6) is 0.151. The van der Waals surface area contributed by atoms with E-state index in [4.69, 9.17) is 11.1 Å². The second kappa shape index (κ2) is 6.19. The maximum atomic E-state index is 7.57. The Balaban J connectivity index is 1.63. The van der Waals surface area contributed by atoms with Gasteiger partial charge in [-0.2, -0.15) is 0 Å². The van der Waals surface area contributed by atoms with Crippen LogP contribution in [0.2, 0.25) is 0 Å². The Hall–Kier alpha value is -1.34. The molecule has 0 bridgehead atoms. The Morgan fingerprint density at radius 2 is 2.19 bits per heavy atom. The Labute approximate surface area is 132 Å². The van der Waals surface area contributed by atoms with Crippen molar-refractivity contribution in [3.05, 3.63) is 52.4 Å². The van der Waals surface area contributed by atoms with E-state index in [1.54, 1.807) is 23.1 Å². The second-order valence-electron chi connectivity index (χ2n) is 4.93. The molecule has 6 heteroatoms. The summed E-state index contributed by atoms with van der Waals surface area (Å²) in [6, 6.07) is 12.5. The molecule has 2 unspecified atom stereocenters. The highest BCUT2D eigenvalue weighted by molar-refractivity contribution is 8.00. The number of hydrogen-bond donors (Lipinski definition) is 3. The highest BCUT2D eigenvalue weighted by Gasteiger charge is 2.37. The van der Waals surface area contributed by atoms with Crippen LogP contribution in [0.3, 0.4) is 0 Å². The van der Waals surface area contributed by atoms with Gasteiger partial charge in [-0.05, 0) is 24.3 Å². The summed E-state index contributed by atoms with van der Waals surface area (Å²) < 4.78 is 1.24. The standard InChI is InChI=1S/C15H18N4S2/c1-20-15-11(9-12(21-15)13(16)17)14-18-19(14)8-7-10-5-3-2-4-6-10/h2-6,9,14,18H,7-8H2,1H3,(H3,16,17). The van der Waals surface area contributed by atoms with Gasteiger partial charge < -0.3 is 5.73 Å². The van der Waals surface area contributed by atoms with Crippen LogP contribution in [0.25, 0.3) is 0 Å². The molecule has 0 aliphatic carbocycles. The van der Waals surface area contributed by atoms with E-state index >= 15 is 0 Å². The van der Waals surface area contributed by atoms with Gasteiger partial charge in [0.25, 0.3) is 0 Å². The van der Waals surface area contributed by atoms with Crippen LogP contribution in [0.1, 0.15) is 22.2 Å². The number of nitrogens with one attached hydrogen (secondary N) is 2. The lowest BCUT2D eigenvalue weighted by molar-refractivity contribution is 0.487. The van der Waals surface area contributed by atoms with Crippen molar-refractivity contribution in [2.75, 3.05) is 12.8 Å². The number of benzene rings is 1. The van der Waals surface area contributed by atoms with Crippen molar-refractivity contribution in [3.63, 3.8) is 0 Å². The third kappa shape index (κ3) is 3.29. The summed E-state index contributed by atoms with van der Waals surface area (Å²) >= 11 is 3.32. The van der Waals surface area contributed by atoms with Gasteiger partial charge in [0.15, 0.2) is 0 Å². The number of hydrogen-bond acceptors (Lipinski definition) is 5. The van der Waals surface area contributed by atoms with Crippen molar-refractivity contribution in [1.29, 1.82) is 5.41 Å². The van der Waals surface area contributed by atoms with Crippen molar-refractivity contribution in [2.24, 2.45) is 5.73 Å². The van der Waals surface area contributed by atoms with Crippen LogP contribution >= 0.6 is 23.1 Å². The molecule has 0 amide bonds. The molecule has 1 aliphatic heterocycles. The van der Waals surface area contributed by atoms with Gasteiger partial charge in [0, 0.05) is 12.1 Å². The predicted octanol–water partition coefficient (Wildman–Crippen LogP) is 2.82. The molecule has 1 aromatic heterocycles. The lowest BCUT2D eigenvalue weighted by Crippen LogP contribution is -2.08. The molecule has 1 saturated heterocycles. The van der Waals surface area contributed by atoms with Gasteiger partial charge in [-0.25, -0.2) is 10.4 Å². The normalized spacial score (nSPS) is 20.4. The van der Waals surface area contributed by atoms with Gasteiger partial charge in [0.05, 0.1) is 9.09 Å². The van der Waals surface area contributed by atoms with Crippen LogP contribution in [0, 0.1) is 5.41 Å². The van der Waals surface area contributed by atoms with E-state index in [9.17, 15) is 0 Å².